The van der Waals surface area contributed by atoms with Crippen LogP contribution in [0.15, 0.2) is 95.3 Å². The molecule has 0 amide bonds. The Morgan fingerprint density at radius 2 is 1.80 bits per heavy atom. The van der Waals surface area contributed by atoms with Crippen molar-refractivity contribution < 1.29 is 14.3 Å². The Bertz CT molecular complexity index is 1490. The Kier molecular flexibility index (Phi) is 9.08. The number of anilines is 1. The average Bonchev–Trinajstić information content (AvgIpc) is 3.38. The van der Waals surface area contributed by atoms with Crippen molar-refractivity contribution in [1.29, 1.82) is 0 Å². The van der Waals surface area contributed by atoms with Crippen LogP contribution in [0.25, 0.3) is 0 Å². The molecule has 2 heterocycles. The number of ether oxygens (including phenoxy) is 2. The maximum atomic E-state index is 13.6. The molecule has 0 fully saturated rings. The molecule has 206 valence electrons. The summed E-state index contributed by atoms with van der Waals surface area (Å²) < 4.78 is 13.7. The van der Waals surface area contributed by atoms with Gasteiger partial charge >= 0.3 is 5.97 Å². The van der Waals surface area contributed by atoms with Gasteiger partial charge in [0, 0.05) is 16.5 Å². The minimum Gasteiger partial charge on any atom is -0.489 e. The van der Waals surface area contributed by atoms with Crippen LogP contribution < -0.4 is 10.1 Å². The van der Waals surface area contributed by atoms with Crippen LogP contribution in [0.3, 0.4) is 0 Å². The molecule has 0 saturated carbocycles. The molecule has 5 rings (SSSR count). The third-order valence-electron chi connectivity index (χ3n) is 6.49. The molecule has 3 aromatic carbocycles. The Balaban J connectivity index is 1.44. The highest BCUT2D eigenvalue weighted by atomic mass is 35.5. The van der Waals surface area contributed by atoms with Crippen LogP contribution in [0.4, 0.5) is 5.95 Å². The fraction of sp³-hybridized carbons (Fsp3) is 0.258. The largest absolute Gasteiger partial charge is 0.489 e. The topological polar surface area (TPSA) is 78.3 Å². The van der Waals surface area contributed by atoms with Crippen LogP contribution >= 0.6 is 23.4 Å². The van der Waals surface area contributed by atoms with Crippen LogP contribution in [0, 0.1) is 0 Å². The molecule has 1 aliphatic rings. The van der Waals surface area contributed by atoms with Gasteiger partial charge in [-0.2, -0.15) is 4.98 Å². The summed E-state index contributed by atoms with van der Waals surface area (Å²) in [5.41, 5.74) is 3.93. The molecule has 1 unspecified atom stereocenters. The molecule has 0 aliphatic carbocycles. The summed E-state index contributed by atoms with van der Waals surface area (Å²) in [6.07, 6.45) is 2.18. The first-order valence-corrected chi connectivity index (χ1v) is 14.6. The van der Waals surface area contributed by atoms with Gasteiger partial charge in [-0.3, -0.25) is 0 Å². The monoisotopic (exact) mass is 574 g/mol. The SMILES string of the molecule is CCCCSc1nc2n(n1)C(c1cccc(OCc3ccc(Cl)cc3)c1)C(C(=O)OCc1ccccc1)=C(C)N2. The van der Waals surface area contributed by atoms with Gasteiger partial charge < -0.3 is 14.8 Å². The van der Waals surface area contributed by atoms with Gasteiger partial charge in [-0.15, -0.1) is 5.10 Å². The van der Waals surface area contributed by atoms with E-state index in [-0.39, 0.29) is 6.61 Å². The first-order chi connectivity index (χ1) is 19.5. The number of esters is 1. The van der Waals surface area contributed by atoms with Crippen molar-refractivity contribution in [3.05, 3.63) is 112 Å². The standard InChI is InChI=1S/C31H31ClN4O3S/c1-3-4-17-40-31-34-30-33-21(2)27(29(37)39-20-22-9-6-5-7-10-22)28(36(30)35-31)24-11-8-12-26(18-24)38-19-23-13-15-25(32)16-14-23/h5-16,18,28H,3-4,17,19-20H2,1-2H3,(H,33,34,35). The Morgan fingerprint density at radius 1 is 1.02 bits per heavy atom. The number of rotatable bonds is 11. The first kappa shape index (κ1) is 27.8. The molecule has 1 aliphatic heterocycles. The lowest BCUT2D eigenvalue weighted by molar-refractivity contribution is -0.140. The van der Waals surface area contributed by atoms with Crippen molar-refractivity contribution in [2.75, 3.05) is 11.1 Å². The van der Waals surface area contributed by atoms with Crippen LogP contribution in [0.1, 0.15) is 49.4 Å². The van der Waals surface area contributed by atoms with Gasteiger partial charge in [0.1, 0.15) is 25.0 Å². The second-order valence-electron chi connectivity index (χ2n) is 9.48. The van der Waals surface area contributed by atoms with Crippen molar-refractivity contribution in [2.45, 2.75) is 51.1 Å². The number of carbonyl (C=O) groups excluding carboxylic acids is 1. The average molecular weight is 575 g/mol. The molecule has 1 atom stereocenters. The van der Waals surface area contributed by atoms with Gasteiger partial charge in [0.25, 0.3) is 0 Å². The quantitative estimate of drug-likeness (QED) is 0.113. The lowest BCUT2D eigenvalue weighted by atomic mass is 9.95. The molecule has 0 bridgehead atoms. The second-order valence-corrected chi connectivity index (χ2v) is 11.0. The number of nitrogens with one attached hydrogen (secondary N) is 1. The summed E-state index contributed by atoms with van der Waals surface area (Å²) in [5, 5.41) is 9.44. The van der Waals surface area contributed by atoms with Crippen molar-refractivity contribution in [2.24, 2.45) is 0 Å². The summed E-state index contributed by atoms with van der Waals surface area (Å²) in [5.74, 6) is 1.79. The van der Waals surface area contributed by atoms with Crippen molar-refractivity contribution in [3.8, 4) is 5.75 Å². The number of hydrogen-bond acceptors (Lipinski definition) is 7. The summed E-state index contributed by atoms with van der Waals surface area (Å²) in [4.78, 5) is 18.3. The van der Waals surface area contributed by atoms with E-state index in [0.29, 0.717) is 39.8 Å². The van der Waals surface area contributed by atoms with Gasteiger partial charge in [0.2, 0.25) is 11.1 Å². The van der Waals surface area contributed by atoms with Gasteiger partial charge in [0.05, 0.1) is 5.57 Å². The molecular formula is C31H31ClN4O3S. The third kappa shape index (κ3) is 6.69. The number of halogens is 1. The Labute approximate surface area is 243 Å². The molecule has 9 heteroatoms. The summed E-state index contributed by atoms with van der Waals surface area (Å²) in [6.45, 7) is 4.59. The predicted octanol–water partition coefficient (Wildman–Crippen LogP) is 7.44. The van der Waals surface area contributed by atoms with Crippen LogP contribution in [-0.2, 0) is 22.7 Å². The molecule has 0 saturated heterocycles. The number of fused-ring (bicyclic) bond motifs is 1. The minimum atomic E-state index is -0.536. The lowest BCUT2D eigenvalue weighted by Gasteiger charge is -2.28. The normalized spacial score (nSPS) is 14.4. The first-order valence-electron chi connectivity index (χ1n) is 13.3. The highest BCUT2D eigenvalue weighted by Crippen LogP contribution is 2.38. The zero-order valence-electron chi connectivity index (χ0n) is 22.5. The van der Waals surface area contributed by atoms with E-state index in [1.54, 1.807) is 16.4 Å². The molecule has 0 spiro atoms. The molecule has 7 nitrogen and oxygen atoms in total. The number of thioether (sulfide) groups is 1. The number of benzene rings is 3. The van der Waals surface area contributed by atoms with Gasteiger partial charge in [-0.1, -0.05) is 91.3 Å². The molecule has 0 radical (unpaired) electrons. The van der Waals surface area contributed by atoms with E-state index in [2.05, 4.69) is 12.2 Å². The fourth-order valence-corrected chi connectivity index (χ4v) is 5.43. The third-order valence-corrected chi connectivity index (χ3v) is 7.66. The van der Waals surface area contributed by atoms with Crippen LogP contribution in [0.2, 0.25) is 5.02 Å². The van der Waals surface area contributed by atoms with E-state index in [1.807, 2.05) is 85.8 Å². The van der Waals surface area contributed by atoms with E-state index in [4.69, 9.17) is 31.2 Å². The predicted molar refractivity (Wildman–Crippen MR) is 159 cm³/mol. The van der Waals surface area contributed by atoms with Crippen molar-refractivity contribution in [3.63, 3.8) is 0 Å². The zero-order valence-corrected chi connectivity index (χ0v) is 24.0. The highest BCUT2D eigenvalue weighted by molar-refractivity contribution is 7.99. The smallest absolute Gasteiger partial charge is 0.338 e. The highest BCUT2D eigenvalue weighted by Gasteiger charge is 2.35. The Morgan fingerprint density at radius 3 is 2.58 bits per heavy atom. The lowest BCUT2D eigenvalue weighted by Crippen LogP contribution is -2.29. The number of aromatic nitrogens is 3. The van der Waals surface area contributed by atoms with Crippen molar-refractivity contribution >= 4 is 35.3 Å². The molecule has 1 aromatic heterocycles. The minimum absolute atomic E-state index is 0.176. The molecule has 4 aromatic rings. The van der Waals surface area contributed by atoms with Crippen molar-refractivity contribution in [1.82, 2.24) is 14.8 Å². The van der Waals surface area contributed by atoms with Crippen LogP contribution in [0.5, 0.6) is 5.75 Å². The van der Waals surface area contributed by atoms with Gasteiger partial charge in [-0.05, 0) is 54.3 Å². The van der Waals surface area contributed by atoms with Gasteiger partial charge in [0.15, 0.2) is 0 Å². The zero-order chi connectivity index (χ0) is 27.9. The number of unbranched alkanes of at least 4 members (excludes halogenated alkanes) is 1. The van der Waals surface area contributed by atoms with E-state index < -0.39 is 12.0 Å². The van der Waals surface area contributed by atoms with E-state index in [9.17, 15) is 4.79 Å². The fourth-order valence-electron chi connectivity index (χ4n) is 4.40. The second kappa shape index (κ2) is 13.1. The maximum Gasteiger partial charge on any atom is 0.338 e. The molecule has 1 N–H and O–H groups in total. The summed E-state index contributed by atoms with van der Waals surface area (Å²) >= 11 is 7.63. The molecular weight excluding hydrogens is 544 g/mol. The molecule has 40 heavy (non-hydrogen) atoms. The number of nitrogens with zero attached hydrogens (tertiary/aromatic N) is 3. The maximum absolute atomic E-state index is 13.6. The number of carbonyl (C=O) groups is 1. The van der Waals surface area contributed by atoms with E-state index >= 15 is 0 Å². The summed E-state index contributed by atoms with van der Waals surface area (Å²) in [7, 11) is 0. The van der Waals surface area contributed by atoms with Crippen LogP contribution in [-0.4, -0.2) is 26.5 Å². The Hall–Kier alpha value is -3.75. The van der Waals surface area contributed by atoms with E-state index in [1.165, 1.54) is 0 Å². The van der Waals surface area contributed by atoms with E-state index in [0.717, 1.165) is 35.3 Å². The summed E-state index contributed by atoms with van der Waals surface area (Å²) in [6, 6.07) is 24.4. The van der Waals surface area contributed by atoms with Gasteiger partial charge in [-0.25, -0.2) is 9.48 Å². The number of hydrogen-bond donors (Lipinski definition) is 1. The number of allylic oxidation sites excluding steroid dienone is 1.